The van der Waals surface area contributed by atoms with E-state index in [9.17, 15) is 9.59 Å². The minimum atomic E-state index is -0.129. The number of fused-ring (bicyclic) bond motifs is 1. The fourth-order valence-electron chi connectivity index (χ4n) is 3.07. The van der Waals surface area contributed by atoms with E-state index < -0.39 is 0 Å². The number of Topliss-reactive ketones (excluding diaryl/α,β-unsaturated/α-hetero) is 1. The highest BCUT2D eigenvalue weighted by Gasteiger charge is 2.34. The van der Waals surface area contributed by atoms with Gasteiger partial charge in [0.1, 0.15) is 11.5 Å². The smallest absolute Gasteiger partial charge is 0.201 e. The molecule has 0 atom stereocenters. The first-order valence-electron chi connectivity index (χ1n) is 7.22. The van der Waals surface area contributed by atoms with Crippen LogP contribution in [0.25, 0.3) is 0 Å². The number of ketones is 1. The number of allylic oxidation sites excluding steroid dienone is 4. The van der Waals surface area contributed by atoms with E-state index in [0.717, 1.165) is 33.6 Å². The Hall–Kier alpha value is -1.83. The predicted octanol–water partition coefficient (Wildman–Crippen LogP) is 4.05. The van der Waals surface area contributed by atoms with Crippen LogP contribution < -0.4 is 0 Å². The van der Waals surface area contributed by atoms with E-state index in [1.807, 2.05) is 31.1 Å². The zero-order chi connectivity index (χ0) is 15.0. The number of hydrogen-bond donors (Lipinski definition) is 0. The Kier molecular flexibility index (Phi) is 3.71. The van der Waals surface area contributed by atoms with Gasteiger partial charge in [-0.3, -0.25) is 4.79 Å². The molecule has 0 amide bonds. The van der Waals surface area contributed by atoms with Gasteiger partial charge in [0.2, 0.25) is 5.78 Å². The molecule has 0 saturated carbocycles. The third-order valence-electron chi connectivity index (χ3n) is 4.08. The fourth-order valence-corrected chi connectivity index (χ4v) is 4.38. The van der Waals surface area contributed by atoms with Crippen molar-refractivity contribution in [2.24, 2.45) is 0 Å². The average molecular weight is 296 g/mol. The maximum atomic E-state index is 12.6. The van der Waals surface area contributed by atoms with Crippen LogP contribution in [0.1, 0.15) is 32.3 Å². The highest BCUT2D eigenvalue weighted by atomic mass is 32.2. The number of benzene rings is 1. The highest BCUT2D eigenvalue weighted by Crippen LogP contribution is 2.48. The minimum absolute atomic E-state index is 0.129. The van der Waals surface area contributed by atoms with Crippen LogP contribution in [0.15, 0.2) is 56.4 Å². The lowest BCUT2D eigenvalue weighted by atomic mass is 9.82. The van der Waals surface area contributed by atoms with E-state index >= 15 is 0 Å². The summed E-state index contributed by atoms with van der Waals surface area (Å²) in [4.78, 5) is 26.2. The van der Waals surface area contributed by atoms with Crippen LogP contribution in [0.5, 0.6) is 0 Å². The Labute approximate surface area is 128 Å². The molecule has 1 aromatic rings. The number of hydrogen-bond acceptors (Lipinski definition) is 3. The fraction of sp³-hybridized carbons (Fsp3) is 0.278. The van der Waals surface area contributed by atoms with Crippen LogP contribution >= 0.6 is 11.8 Å². The van der Waals surface area contributed by atoms with Gasteiger partial charge in [0.25, 0.3) is 0 Å². The van der Waals surface area contributed by atoms with Crippen LogP contribution in [-0.2, 0) is 16.0 Å². The summed E-state index contributed by atoms with van der Waals surface area (Å²) in [6.07, 6.45) is 2.14. The lowest BCUT2D eigenvalue weighted by Crippen LogP contribution is -2.21. The molecule has 2 aliphatic rings. The van der Waals surface area contributed by atoms with Gasteiger partial charge in [0.05, 0.1) is 0 Å². The van der Waals surface area contributed by atoms with Crippen LogP contribution in [0.2, 0.25) is 0 Å². The number of carbonyl (C=O) groups excluding carboxylic acids is 2. The van der Waals surface area contributed by atoms with Crippen molar-refractivity contribution < 1.29 is 9.59 Å². The normalized spacial score (nSPS) is 17.6. The van der Waals surface area contributed by atoms with Crippen LogP contribution in [0.3, 0.4) is 0 Å². The molecule has 0 aromatic heterocycles. The largest absolute Gasteiger partial charge is 0.288 e. The minimum Gasteiger partial charge on any atom is -0.288 e. The summed E-state index contributed by atoms with van der Waals surface area (Å²) in [5, 5.41) is 0. The lowest BCUT2D eigenvalue weighted by molar-refractivity contribution is -0.112. The first-order valence-corrected chi connectivity index (χ1v) is 8.04. The molecule has 1 aromatic carbocycles. The average Bonchev–Trinajstić information content (AvgIpc) is 2.53. The summed E-state index contributed by atoms with van der Waals surface area (Å²) in [5.41, 5.74) is 4.20. The second-order valence-corrected chi connectivity index (χ2v) is 6.22. The standard InChI is InChI=1S/C18H16O2S/c1-3-12-13(4-2)18-14(17(20)15(12)10-19)9-11-7-5-6-8-16(11)21-18/h5-8H,3-4,9H2,1-2H3. The van der Waals surface area contributed by atoms with E-state index in [-0.39, 0.29) is 11.4 Å². The summed E-state index contributed by atoms with van der Waals surface area (Å²) >= 11 is 1.67. The van der Waals surface area contributed by atoms with Crippen molar-refractivity contribution >= 4 is 23.5 Å². The number of rotatable bonds is 2. The summed E-state index contributed by atoms with van der Waals surface area (Å²) < 4.78 is 0. The van der Waals surface area contributed by atoms with Crippen molar-refractivity contribution in [2.75, 3.05) is 0 Å². The molecular formula is C18H16O2S. The second-order valence-electron chi connectivity index (χ2n) is 5.16. The van der Waals surface area contributed by atoms with Gasteiger partial charge in [-0.25, -0.2) is 4.79 Å². The van der Waals surface area contributed by atoms with Gasteiger partial charge in [-0.1, -0.05) is 43.8 Å². The van der Waals surface area contributed by atoms with Gasteiger partial charge in [-0.15, -0.1) is 0 Å². The van der Waals surface area contributed by atoms with Crippen molar-refractivity contribution in [2.45, 2.75) is 38.0 Å². The van der Waals surface area contributed by atoms with E-state index in [4.69, 9.17) is 0 Å². The van der Waals surface area contributed by atoms with Crippen molar-refractivity contribution in [3.63, 3.8) is 0 Å². The van der Waals surface area contributed by atoms with E-state index in [2.05, 4.69) is 13.0 Å². The number of thioether (sulfide) groups is 1. The Morgan fingerprint density at radius 1 is 1.14 bits per heavy atom. The summed E-state index contributed by atoms with van der Waals surface area (Å²) in [6.45, 7) is 4.07. The van der Waals surface area contributed by atoms with Crippen molar-refractivity contribution in [1.82, 2.24) is 0 Å². The van der Waals surface area contributed by atoms with Crippen LogP contribution in [-0.4, -0.2) is 11.7 Å². The molecular weight excluding hydrogens is 280 g/mol. The SMILES string of the molecule is CCC1=C(CC)C2=C(Cc3ccccc3S2)C(=O)C1=C=O. The zero-order valence-corrected chi connectivity index (χ0v) is 13.0. The van der Waals surface area contributed by atoms with Crippen molar-refractivity contribution in [1.29, 1.82) is 0 Å². The molecule has 2 nitrogen and oxygen atoms in total. The van der Waals surface area contributed by atoms with E-state index in [1.54, 1.807) is 11.8 Å². The molecule has 3 heteroatoms. The molecule has 106 valence electrons. The van der Waals surface area contributed by atoms with Crippen molar-refractivity contribution in [3.8, 4) is 0 Å². The van der Waals surface area contributed by atoms with Gasteiger partial charge < -0.3 is 0 Å². The highest BCUT2D eigenvalue weighted by molar-refractivity contribution is 8.03. The maximum absolute atomic E-state index is 12.6. The molecule has 0 saturated heterocycles. The Bertz CT molecular complexity index is 746. The molecule has 21 heavy (non-hydrogen) atoms. The molecule has 0 radical (unpaired) electrons. The predicted molar refractivity (Wildman–Crippen MR) is 84.9 cm³/mol. The molecule has 1 heterocycles. The number of carbonyl (C=O) groups is 1. The Morgan fingerprint density at radius 2 is 1.86 bits per heavy atom. The second kappa shape index (κ2) is 5.51. The molecule has 1 aliphatic carbocycles. The first kappa shape index (κ1) is 14.1. The van der Waals surface area contributed by atoms with Gasteiger partial charge >= 0.3 is 0 Å². The molecule has 0 bridgehead atoms. The topological polar surface area (TPSA) is 34.1 Å². The quantitative estimate of drug-likeness (QED) is 0.610. The first-order chi connectivity index (χ1) is 10.2. The Morgan fingerprint density at radius 3 is 2.52 bits per heavy atom. The summed E-state index contributed by atoms with van der Waals surface area (Å²) in [7, 11) is 0. The van der Waals surface area contributed by atoms with Crippen LogP contribution in [0.4, 0.5) is 0 Å². The van der Waals surface area contributed by atoms with Gasteiger partial charge in [-0.05, 0) is 35.6 Å². The zero-order valence-electron chi connectivity index (χ0n) is 12.2. The molecule has 0 spiro atoms. The molecule has 0 unspecified atom stereocenters. The van der Waals surface area contributed by atoms with Gasteiger partial charge in [0, 0.05) is 21.8 Å². The molecule has 3 rings (SSSR count). The summed E-state index contributed by atoms with van der Waals surface area (Å²) in [5.74, 6) is 1.76. The van der Waals surface area contributed by atoms with Gasteiger partial charge in [0.15, 0.2) is 0 Å². The van der Waals surface area contributed by atoms with E-state index in [0.29, 0.717) is 12.8 Å². The molecule has 0 N–H and O–H groups in total. The third kappa shape index (κ3) is 2.14. The Balaban J connectivity index is 2.21. The lowest BCUT2D eigenvalue weighted by Gasteiger charge is -2.29. The third-order valence-corrected chi connectivity index (χ3v) is 5.39. The maximum Gasteiger partial charge on any atom is 0.201 e. The molecule has 0 fully saturated rings. The monoisotopic (exact) mass is 296 g/mol. The van der Waals surface area contributed by atoms with Crippen molar-refractivity contribution in [3.05, 3.63) is 57.0 Å². The van der Waals surface area contributed by atoms with Gasteiger partial charge in [-0.2, -0.15) is 0 Å². The molecule has 1 aliphatic heterocycles. The van der Waals surface area contributed by atoms with E-state index in [1.165, 1.54) is 4.90 Å². The van der Waals surface area contributed by atoms with Crippen LogP contribution in [0, 0.1) is 0 Å². The summed E-state index contributed by atoms with van der Waals surface area (Å²) in [6, 6.07) is 8.16.